The van der Waals surface area contributed by atoms with Crippen LogP contribution in [0.4, 0.5) is 0 Å². The summed E-state index contributed by atoms with van der Waals surface area (Å²) in [5.41, 5.74) is 0. The Hall–Kier alpha value is -0.610. The molecule has 0 aromatic rings. The highest BCUT2D eigenvalue weighted by atomic mass is 16.4. The van der Waals surface area contributed by atoms with Gasteiger partial charge in [0.2, 0.25) is 0 Å². The number of carboxylic acid groups (broad SMARTS) is 1. The highest BCUT2D eigenvalue weighted by Gasteiger charge is 2.22. The molecule has 0 aromatic carbocycles. The number of hydrogen-bond acceptors (Lipinski definition) is 3. The summed E-state index contributed by atoms with van der Waals surface area (Å²) in [5, 5.41) is 25.6. The van der Waals surface area contributed by atoms with Crippen molar-refractivity contribution in [1.29, 1.82) is 0 Å². The van der Waals surface area contributed by atoms with Crippen LogP contribution in [0.2, 0.25) is 0 Å². The van der Waals surface area contributed by atoms with E-state index in [0.717, 1.165) is 0 Å². The second-order valence-electron chi connectivity index (χ2n) is 2.62. The third kappa shape index (κ3) is 3.34. The number of hydrogen-bond donors (Lipinski definition) is 3. The minimum atomic E-state index is -1.01. The van der Waals surface area contributed by atoms with Gasteiger partial charge in [0.15, 0.2) is 0 Å². The zero-order valence-electron chi connectivity index (χ0n) is 6.53. The molecule has 4 heteroatoms. The third-order valence-corrected chi connectivity index (χ3v) is 1.79. The van der Waals surface area contributed by atoms with Crippen molar-refractivity contribution in [1.82, 2.24) is 0 Å². The van der Waals surface area contributed by atoms with Gasteiger partial charge in [-0.1, -0.05) is 6.92 Å². The Morgan fingerprint density at radius 3 is 2.27 bits per heavy atom. The molecule has 0 aliphatic rings. The fourth-order valence-electron chi connectivity index (χ4n) is 0.906. The van der Waals surface area contributed by atoms with Crippen molar-refractivity contribution in [2.45, 2.75) is 13.3 Å². The fraction of sp³-hybridized carbons (Fsp3) is 0.857. The maximum atomic E-state index is 10.4. The van der Waals surface area contributed by atoms with Crippen LogP contribution in [0, 0.1) is 11.8 Å². The van der Waals surface area contributed by atoms with E-state index in [0.29, 0.717) is 6.42 Å². The summed E-state index contributed by atoms with van der Waals surface area (Å²) in [7, 11) is 0. The van der Waals surface area contributed by atoms with E-state index in [1.165, 1.54) is 0 Å². The Labute approximate surface area is 65.5 Å². The molecule has 0 bridgehead atoms. The first kappa shape index (κ1) is 10.4. The standard InChI is InChI=1S/C7H14O4/c1-5(2-3-8)6(4-9)7(10)11/h5-6,8-9H,2-4H2,1H3,(H,10,11)/t5-,6+/m1/s1. The molecule has 0 radical (unpaired) electrons. The maximum Gasteiger partial charge on any atom is 0.309 e. The highest BCUT2D eigenvalue weighted by Crippen LogP contribution is 2.14. The van der Waals surface area contributed by atoms with Gasteiger partial charge in [0.25, 0.3) is 0 Å². The second-order valence-corrected chi connectivity index (χ2v) is 2.62. The Balaban J connectivity index is 3.91. The van der Waals surface area contributed by atoms with Crippen molar-refractivity contribution < 1.29 is 20.1 Å². The van der Waals surface area contributed by atoms with Crippen molar-refractivity contribution in [3.63, 3.8) is 0 Å². The summed E-state index contributed by atoms with van der Waals surface area (Å²) in [6, 6.07) is 0. The monoisotopic (exact) mass is 162 g/mol. The number of carbonyl (C=O) groups is 1. The second kappa shape index (κ2) is 5.09. The summed E-state index contributed by atoms with van der Waals surface area (Å²) >= 11 is 0. The molecular weight excluding hydrogens is 148 g/mol. The number of aliphatic carboxylic acids is 1. The molecule has 0 spiro atoms. The van der Waals surface area contributed by atoms with E-state index < -0.39 is 11.9 Å². The Kier molecular flexibility index (Phi) is 4.81. The number of carboxylic acids is 1. The van der Waals surface area contributed by atoms with Crippen molar-refractivity contribution in [2.75, 3.05) is 13.2 Å². The van der Waals surface area contributed by atoms with Gasteiger partial charge in [-0.05, 0) is 12.3 Å². The van der Waals surface area contributed by atoms with Crippen molar-refractivity contribution in [2.24, 2.45) is 11.8 Å². The lowest BCUT2D eigenvalue weighted by Crippen LogP contribution is -2.25. The summed E-state index contributed by atoms with van der Waals surface area (Å²) in [6.45, 7) is 1.30. The van der Waals surface area contributed by atoms with Gasteiger partial charge in [0.1, 0.15) is 0 Å². The predicted molar refractivity (Wildman–Crippen MR) is 39.1 cm³/mol. The summed E-state index contributed by atoms with van der Waals surface area (Å²) < 4.78 is 0. The van der Waals surface area contributed by atoms with Gasteiger partial charge in [-0.15, -0.1) is 0 Å². The first-order valence-corrected chi connectivity index (χ1v) is 3.58. The summed E-state index contributed by atoms with van der Waals surface area (Å²) in [5.74, 6) is -1.93. The zero-order valence-corrected chi connectivity index (χ0v) is 6.53. The lowest BCUT2D eigenvalue weighted by molar-refractivity contribution is -0.145. The average Bonchev–Trinajstić information content (AvgIpc) is 1.88. The van der Waals surface area contributed by atoms with Gasteiger partial charge in [0.05, 0.1) is 12.5 Å². The average molecular weight is 162 g/mol. The first-order valence-electron chi connectivity index (χ1n) is 3.58. The minimum Gasteiger partial charge on any atom is -0.481 e. The lowest BCUT2D eigenvalue weighted by atomic mass is 9.92. The molecular formula is C7H14O4. The Morgan fingerprint density at radius 1 is 1.45 bits per heavy atom. The Morgan fingerprint density at radius 2 is 2.00 bits per heavy atom. The number of rotatable bonds is 5. The van der Waals surface area contributed by atoms with Crippen LogP contribution in [0.1, 0.15) is 13.3 Å². The largest absolute Gasteiger partial charge is 0.481 e. The van der Waals surface area contributed by atoms with Crippen LogP contribution in [0.15, 0.2) is 0 Å². The van der Waals surface area contributed by atoms with Gasteiger partial charge in [0, 0.05) is 6.61 Å². The van der Waals surface area contributed by atoms with Gasteiger partial charge in [-0.2, -0.15) is 0 Å². The van der Waals surface area contributed by atoms with E-state index in [1.807, 2.05) is 0 Å². The molecule has 0 aliphatic heterocycles. The van der Waals surface area contributed by atoms with Gasteiger partial charge in [-0.25, -0.2) is 0 Å². The van der Waals surface area contributed by atoms with Gasteiger partial charge < -0.3 is 15.3 Å². The van der Waals surface area contributed by atoms with E-state index in [1.54, 1.807) is 6.92 Å². The molecule has 0 fully saturated rings. The molecule has 0 unspecified atom stereocenters. The molecule has 0 rings (SSSR count). The van der Waals surface area contributed by atoms with Crippen molar-refractivity contribution in [3.05, 3.63) is 0 Å². The molecule has 66 valence electrons. The maximum absolute atomic E-state index is 10.4. The van der Waals surface area contributed by atoms with Crippen LogP contribution < -0.4 is 0 Å². The molecule has 4 nitrogen and oxygen atoms in total. The molecule has 3 N–H and O–H groups in total. The van der Waals surface area contributed by atoms with E-state index >= 15 is 0 Å². The van der Waals surface area contributed by atoms with Crippen LogP contribution in [-0.2, 0) is 4.79 Å². The van der Waals surface area contributed by atoms with E-state index in [2.05, 4.69) is 0 Å². The predicted octanol–water partition coefficient (Wildman–Crippen LogP) is -0.302. The number of aliphatic hydroxyl groups excluding tert-OH is 2. The smallest absolute Gasteiger partial charge is 0.309 e. The minimum absolute atomic E-state index is 0.0368. The van der Waals surface area contributed by atoms with Crippen molar-refractivity contribution in [3.8, 4) is 0 Å². The van der Waals surface area contributed by atoms with Crippen LogP contribution in [-0.4, -0.2) is 34.5 Å². The summed E-state index contributed by atoms with van der Waals surface area (Å²) in [6.07, 6.45) is 0.414. The lowest BCUT2D eigenvalue weighted by Gasteiger charge is -2.15. The van der Waals surface area contributed by atoms with Crippen LogP contribution in [0.5, 0.6) is 0 Å². The van der Waals surface area contributed by atoms with Crippen LogP contribution in [0.25, 0.3) is 0 Å². The molecule has 0 saturated carbocycles. The first-order chi connectivity index (χ1) is 5.13. The van der Waals surface area contributed by atoms with Gasteiger partial charge >= 0.3 is 5.97 Å². The third-order valence-electron chi connectivity index (χ3n) is 1.79. The van der Waals surface area contributed by atoms with E-state index in [9.17, 15) is 4.79 Å². The van der Waals surface area contributed by atoms with Crippen LogP contribution >= 0.6 is 0 Å². The normalized spacial score (nSPS) is 15.9. The molecule has 11 heavy (non-hydrogen) atoms. The fourth-order valence-corrected chi connectivity index (χ4v) is 0.906. The van der Waals surface area contributed by atoms with Crippen LogP contribution in [0.3, 0.4) is 0 Å². The molecule has 0 aliphatic carbocycles. The molecule has 0 heterocycles. The zero-order chi connectivity index (χ0) is 8.85. The quantitative estimate of drug-likeness (QED) is 0.518. The molecule has 2 atom stereocenters. The molecule has 0 saturated heterocycles. The topological polar surface area (TPSA) is 77.8 Å². The molecule has 0 aromatic heterocycles. The van der Waals surface area contributed by atoms with E-state index in [4.69, 9.17) is 15.3 Å². The highest BCUT2D eigenvalue weighted by molar-refractivity contribution is 5.70. The Bertz CT molecular complexity index is 124. The summed E-state index contributed by atoms with van der Waals surface area (Å²) in [4.78, 5) is 10.4. The number of aliphatic hydroxyl groups is 2. The molecule has 0 amide bonds. The van der Waals surface area contributed by atoms with Gasteiger partial charge in [-0.3, -0.25) is 4.79 Å². The van der Waals surface area contributed by atoms with Crippen molar-refractivity contribution >= 4 is 5.97 Å². The SMILES string of the molecule is C[C@H](CCO)[C@H](CO)C(=O)O. The van der Waals surface area contributed by atoms with E-state index in [-0.39, 0.29) is 19.1 Å².